The summed E-state index contributed by atoms with van der Waals surface area (Å²) >= 11 is 0. The molecule has 0 aromatic rings. The van der Waals surface area contributed by atoms with Crippen LogP contribution in [0.25, 0.3) is 0 Å². The van der Waals surface area contributed by atoms with Gasteiger partial charge in [0, 0.05) is 12.8 Å². The number of hydrogen-bond acceptors (Lipinski definition) is 5. The number of ether oxygens (including phenoxy) is 1. The quantitative estimate of drug-likeness (QED) is 0.0434. The molecule has 0 bridgehead atoms. The van der Waals surface area contributed by atoms with Crippen molar-refractivity contribution in [3.8, 4) is 0 Å². The van der Waals surface area contributed by atoms with Crippen LogP contribution >= 0.6 is 0 Å². The first-order chi connectivity index (χ1) is 21.9. The summed E-state index contributed by atoms with van der Waals surface area (Å²) in [5, 5.41) is 11.8. The molecule has 7 nitrogen and oxygen atoms in total. The van der Waals surface area contributed by atoms with Crippen LogP contribution in [0.4, 0.5) is 0 Å². The molecule has 0 heterocycles. The van der Waals surface area contributed by atoms with E-state index in [1.807, 2.05) is 6.08 Å². The van der Waals surface area contributed by atoms with Crippen LogP contribution in [0.3, 0.4) is 0 Å². The second-order valence-corrected chi connectivity index (χ2v) is 11.2. The number of allylic oxidation sites excluding steroid dienone is 12. The summed E-state index contributed by atoms with van der Waals surface area (Å²) in [5.41, 5.74) is 5.44. The Balaban J connectivity index is 4.09. The molecule has 2 atom stereocenters. The number of hydrogen-bond donors (Lipinski definition) is 3. The zero-order valence-electron chi connectivity index (χ0n) is 28.2. The highest BCUT2D eigenvalue weighted by Gasteiger charge is 2.19. The van der Waals surface area contributed by atoms with E-state index in [2.05, 4.69) is 86.0 Å². The molecule has 0 spiro atoms. The Kier molecular flexibility index (Phi) is 29.9. The third-order valence-electron chi connectivity index (χ3n) is 7.05. The van der Waals surface area contributed by atoms with Gasteiger partial charge in [0.25, 0.3) is 0 Å². The van der Waals surface area contributed by atoms with Crippen LogP contribution in [0.15, 0.2) is 72.9 Å². The number of esters is 1. The standard InChI is InChI=1S/C38H62N2O5/c1-3-5-7-8-9-10-11-12-13-14-15-16-17-18-19-20-21-22-26-32-37(42)45-34(28-6-4-2)29-24-23-25-31-36(41)40-35(38(43)44)30-27-33-39/h5,7,9-10,12-13,15-16,18-19,21-22,34-35H,3-4,6,8,11,14,17,20,23-33,39H2,1-2H3,(H,40,41)(H,43,44)/b7-5-,10-9-,13-12-,16-15-,19-18-,22-21-. The summed E-state index contributed by atoms with van der Waals surface area (Å²) in [4.78, 5) is 35.8. The maximum Gasteiger partial charge on any atom is 0.326 e. The molecule has 0 radical (unpaired) electrons. The molecule has 4 N–H and O–H groups in total. The number of carboxylic acid groups (broad SMARTS) is 1. The first-order valence-electron chi connectivity index (χ1n) is 17.3. The Morgan fingerprint density at radius 1 is 0.667 bits per heavy atom. The van der Waals surface area contributed by atoms with Crippen molar-refractivity contribution < 1.29 is 24.2 Å². The molecular formula is C38H62N2O5. The minimum Gasteiger partial charge on any atom is -0.480 e. The zero-order valence-corrected chi connectivity index (χ0v) is 28.2. The minimum atomic E-state index is -1.03. The highest BCUT2D eigenvalue weighted by Crippen LogP contribution is 2.16. The van der Waals surface area contributed by atoms with Crippen molar-refractivity contribution in [1.82, 2.24) is 5.32 Å². The summed E-state index contributed by atoms with van der Waals surface area (Å²) in [6, 6.07) is -0.883. The molecule has 0 saturated carbocycles. The smallest absolute Gasteiger partial charge is 0.326 e. The van der Waals surface area contributed by atoms with E-state index in [-0.39, 0.29) is 24.4 Å². The van der Waals surface area contributed by atoms with Crippen LogP contribution in [0.5, 0.6) is 0 Å². The zero-order chi connectivity index (χ0) is 33.2. The monoisotopic (exact) mass is 626 g/mol. The van der Waals surface area contributed by atoms with Gasteiger partial charge in [0.1, 0.15) is 12.1 Å². The minimum absolute atomic E-state index is 0.0933. The molecule has 0 aliphatic rings. The fraction of sp³-hybridized carbons (Fsp3) is 0.605. The van der Waals surface area contributed by atoms with Crippen LogP contribution in [0.1, 0.15) is 129 Å². The molecule has 0 rings (SSSR count). The molecule has 0 aliphatic carbocycles. The number of nitrogens with one attached hydrogen (secondary N) is 1. The van der Waals surface area contributed by atoms with Crippen LogP contribution < -0.4 is 11.1 Å². The lowest BCUT2D eigenvalue weighted by atomic mass is 10.0. The van der Waals surface area contributed by atoms with Gasteiger partial charge in [-0.1, -0.05) is 106 Å². The first kappa shape index (κ1) is 41.8. The predicted octanol–water partition coefficient (Wildman–Crippen LogP) is 8.83. The highest BCUT2D eigenvalue weighted by atomic mass is 16.5. The van der Waals surface area contributed by atoms with Crippen molar-refractivity contribution in [3.05, 3.63) is 72.9 Å². The Bertz CT molecular complexity index is 932. The highest BCUT2D eigenvalue weighted by molar-refractivity contribution is 5.83. The van der Waals surface area contributed by atoms with Crippen molar-refractivity contribution in [2.45, 2.75) is 142 Å². The van der Waals surface area contributed by atoms with Gasteiger partial charge in [-0.15, -0.1) is 0 Å². The van der Waals surface area contributed by atoms with Gasteiger partial charge >= 0.3 is 11.9 Å². The molecule has 2 unspecified atom stereocenters. The Morgan fingerprint density at radius 2 is 1.20 bits per heavy atom. The van der Waals surface area contributed by atoms with Crippen LogP contribution in [0.2, 0.25) is 0 Å². The second kappa shape index (κ2) is 32.2. The number of unbranched alkanes of at least 4 members (excludes halogenated alkanes) is 3. The average molecular weight is 627 g/mol. The third-order valence-corrected chi connectivity index (χ3v) is 7.05. The van der Waals surface area contributed by atoms with E-state index < -0.39 is 12.0 Å². The van der Waals surface area contributed by atoms with Crippen LogP contribution in [-0.4, -0.2) is 41.6 Å². The molecule has 45 heavy (non-hydrogen) atoms. The summed E-state index contributed by atoms with van der Waals surface area (Å²) in [6.45, 7) is 4.66. The number of amides is 1. The summed E-state index contributed by atoms with van der Waals surface area (Å²) in [5.74, 6) is -1.44. The summed E-state index contributed by atoms with van der Waals surface area (Å²) in [6.07, 6.45) is 40.0. The second-order valence-electron chi connectivity index (χ2n) is 11.2. The topological polar surface area (TPSA) is 119 Å². The van der Waals surface area contributed by atoms with Crippen molar-refractivity contribution in [3.63, 3.8) is 0 Å². The number of nitrogens with two attached hydrogens (primary N) is 1. The Hall–Kier alpha value is -3.19. The van der Waals surface area contributed by atoms with E-state index in [1.54, 1.807) is 0 Å². The van der Waals surface area contributed by atoms with Crippen LogP contribution in [-0.2, 0) is 19.1 Å². The van der Waals surface area contributed by atoms with Crippen molar-refractivity contribution >= 4 is 17.8 Å². The molecule has 0 fully saturated rings. The molecular weight excluding hydrogens is 564 g/mol. The summed E-state index contributed by atoms with van der Waals surface area (Å²) in [7, 11) is 0. The van der Waals surface area contributed by atoms with Gasteiger partial charge in [-0.2, -0.15) is 0 Å². The van der Waals surface area contributed by atoms with Gasteiger partial charge in [-0.3, -0.25) is 9.59 Å². The Morgan fingerprint density at radius 3 is 1.71 bits per heavy atom. The number of carboxylic acids is 1. The largest absolute Gasteiger partial charge is 0.480 e. The predicted molar refractivity (Wildman–Crippen MR) is 188 cm³/mol. The Labute approximate surface area is 273 Å². The van der Waals surface area contributed by atoms with E-state index in [0.29, 0.717) is 38.6 Å². The molecule has 7 heteroatoms. The van der Waals surface area contributed by atoms with E-state index in [9.17, 15) is 19.5 Å². The number of rotatable bonds is 29. The van der Waals surface area contributed by atoms with E-state index in [0.717, 1.165) is 77.0 Å². The van der Waals surface area contributed by atoms with E-state index >= 15 is 0 Å². The lowest BCUT2D eigenvalue weighted by molar-refractivity contribution is -0.149. The lowest BCUT2D eigenvalue weighted by Crippen LogP contribution is -2.40. The fourth-order valence-electron chi connectivity index (χ4n) is 4.46. The SMILES string of the molecule is CC/C=C\C/C=C\C/C=C\C/C=C\C/C=C\C/C=C\CCC(=O)OC(CCCC)CCCCCC(=O)NC(CCCN)C(=O)O. The molecule has 0 aromatic carbocycles. The molecule has 0 saturated heterocycles. The van der Waals surface area contributed by atoms with Gasteiger partial charge < -0.3 is 20.9 Å². The normalized spacial score (nSPS) is 13.7. The fourth-order valence-corrected chi connectivity index (χ4v) is 4.46. The molecule has 1 amide bonds. The summed E-state index contributed by atoms with van der Waals surface area (Å²) < 4.78 is 5.77. The van der Waals surface area contributed by atoms with Crippen molar-refractivity contribution in [1.29, 1.82) is 0 Å². The van der Waals surface area contributed by atoms with Crippen molar-refractivity contribution in [2.75, 3.05) is 6.54 Å². The molecule has 0 aromatic heterocycles. The van der Waals surface area contributed by atoms with Crippen LogP contribution in [0, 0.1) is 0 Å². The maximum atomic E-state index is 12.4. The van der Waals surface area contributed by atoms with E-state index in [4.69, 9.17) is 10.5 Å². The maximum absolute atomic E-state index is 12.4. The number of carbonyl (C=O) groups excluding carboxylic acids is 2. The van der Waals surface area contributed by atoms with Gasteiger partial charge in [-0.05, 0) is 90.0 Å². The van der Waals surface area contributed by atoms with Gasteiger partial charge in [0.2, 0.25) is 5.91 Å². The average Bonchev–Trinajstić information content (AvgIpc) is 3.02. The lowest BCUT2D eigenvalue weighted by Gasteiger charge is -2.18. The molecule has 254 valence electrons. The molecule has 0 aliphatic heterocycles. The van der Waals surface area contributed by atoms with Gasteiger partial charge in [0.15, 0.2) is 0 Å². The number of aliphatic carboxylic acids is 1. The number of carbonyl (C=O) groups is 3. The van der Waals surface area contributed by atoms with Gasteiger partial charge in [-0.25, -0.2) is 4.79 Å². The third kappa shape index (κ3) is 29.3. The van der Waals surface area contributed by atoms with Crippen molar-refractivity contribution in [2.24, 2.45) is 5.73 Å². The van der Waals surface area contributed by atoms with E-state index in [1.165, 1.54) is 0 Å². The first-order valence-corrected chi connectivity index (χ1v) is 17.3. The van der Waals surface area contributed by atoms with Gasteiger partial charge in [0.05, 0.1) is 0 Å².